The first-order chi connectivity index (χ1) is 7.90. The molecule has 0 fully saturated rings. The largest absolute Gasteiger partial charge is 0.495 e. The van der Waals surface area contributed by atoms with Gasteiger partial charge < -0.3 is 4.74 Å². The van der Waals surface area contributed by atoms with Crippen LogP contribution in [0.25, 0.3) is 0 Å². The van der Waals surface area contributed by atoms with Crippen LogP contribution in [0.4, 0.5) is 5.69 Å². The molecule has 2 rings (SSSR count). The van der Waals surface area contributed by atoms with Gasteiger partial charge in [-0.25, -0.2) is 0 Å². The molecule has 0 unspecified atom stereocenters. The van der Waals surface area contributed by atoms with E-state index in [2.05, 4.69) is 10.5 Å². The Morgan fingerprint density at radius 1 is 1.25 bits per heavy atom. The fourth-order valence-electron chi connectivity index (χ4n) is 1.27. The highest BCUT2D eigenvalue weighted by Gasteiger charge is 1.98. The number of ether oxygens (including phenoxy) is 1. The topological polar surface area (TPSA) is 33.6 Å². The molecule has 0 radical (unpaired) electrons. The smallest absolute Gasteiger partial charge is 0.143 e. The molecular formula is C12H12N2OS. The number of hydrogen-bond donors (Lipinski definition) is 1. The van der Waals surface area contributed by atoms with Crippen molar-refractivity contribution in [3.8, 4) is 5.75 Å². The predicted octanol–water partition coefficient (Wildman–Crippen LogP) is 3.20. The molecule has 1 aromatic carbocycles. The lowest BCUT2D eigenvalue weighted by Crippen LogP contribution is -1.93. The third kappa shape index (κ3) is 2.61. The van der Waals surface area contributed by atoms with Crippen molar-refractivity contribution >= 4 is 23.2 Å². The molecule has 0 saturated heterocycles. The lowest BCUT2D eigenvalue weighted by atomic mass is 10.3. The van der Waals surface area contributed by atoms with E-state index in [0.717, 1.165) is 16.3 Å². The summed E-state index contributed by atoms with van der Waals surface area (Å²) in [6.07, 6.45) is 1.79. The van der Waals surface area contributed by atoms with Crippen molar-refractivity contribution in [1.29, 1.82) is 0 Å². The molecule has 0 amide bonds. The number of thiophene rings is 1. The molecule has 0 atom stereocenters. The van der Waals surface area contributed by atoms with Crippen LogP contribution in [0.15, 0.2) is 46.9 Å². The van der Waals surface area contributed by atoms with Crippen molar-refractivity contribution in [1.82, 2.24) is 0 Å². The van der Waals surface area contributed by atoms with Crippen LogP contribution in [-0.2, 0) is 0 Å². The Labute approximate surface area is 98.4 Å². The van der Waals surface area contributed by atoms with Gasteiger partial charge in [-0.1, -0.05) is 18.2 Å². The summed E-state index contributed by atoms with van der Waals surface area (Å²) >= 11 is 1.65. The molecule has 82 valence electrons. The summed E-state index contributed by atoms with van der Waals surface area (Å²) in [5.74, 6) is 0.783. The van der Waals surface area contributed by atoms with Gasteiger partial charge in [-0.3, -0.25) is 5.43 Å². The molecule has 0 bridgehead atoms. The molecule has 1 aromatic heterocycles. The molecule has 4 heteroatoms. The number of para-hydroxylation sites is 2. The molecule has 0 saturated carbocycles. The fraction of sp³-hybridized carbons (Fsp3) is 0.0833. The quantitative estimate of drug-likeness (QED) is 0.648. The van der Waals surface area contributed by atoms with Crippen LogP contribution in [0.1, 0.15) is 4.88 Å². The monoisotopic (exact) mass is 232 g/mol. The van der Waals surface area contributed by atoms with E-state index >= 15 is 0 Å². The summed E-state index contributed by atoms with van der Waals surface area (Å²) in [5, 5.41) is 6.17. The molecule has 1 N–H and O–H groups in total. The summed E-state index contributed by atoms with van der Waals surface area (Å²) in [6.45, 7) is 0. The summed E-state index contributed by atoms with van der Waals surface area (Å²) in [7, 11) is 1.64. The van der Waals surface area contributed by atoms with E-state index in [4.69, 9.17) is 4.74 Å². The van der Waals surface area contributed by atoms with Crippen molar-refractivity contribution in [2.24, 2.45) is 5.10 Å². The highest BCUT2D eigenvalue weighted by atomic mass is 32.1. The molecule has 0 aliphatic carbocycles. The molecule has 3 nitrogen and oxygen atoms in total. The Bertz CT molecular complexity index is 466. The van der Waals surface area contributed by atoms with Crippen LogP contribution in [-0.4, -0.2) is 13.3 Å². The number of benzene rings is 1. The van der Waals surface area contributed by atoms with E-state index in [1.165, 1.54) is 0 Å². The Hall–Kier alpha value is -1.81. The van der Waals surface area contributed by atoms with E-state index in [1.54, 1.807) is 24.7 Å². The van der Waals surface area contributed by atoms with Crippen LogP contribution >= 0.6 is 11.3 Å². The number of nitrogens with one attached hydrogen (secondary N) is 1. The van der Waals surface area contributed by atoms with Crippen molar-refractivity contribution in [3.63, 3.8) is 0 Å². The normalized spacial score (nSPS) is 10.6. The van der Waals surface area contributed by atoms with Gasteiger partial charge in [0.25, 0.3) is 0 Å². The van der Waals surface area contributed by atoms with Gasteiger partial charge >= 0.3 is 0 Å². The zero-order chi connectivity index (χ0) is 11.2. The summed E-state index contributed by atoms with van der Waals surface area (Å²) in [5.41, 5.74) is 3.81. The van der Waals surface area contributed by atoms with Crippen LogP contribution in [0, 0.1) is 0 Å². The number of methoxy groups -OCH3 is 1. The average molecular weight is 232 g/mol. The lowest BCUT2D eigenvalue weighted by molar-refractivity contribution is 0.416. The molecule has 0 aliphatic heterocycles. The summed E-state index contributed by atoms with van der Waals surface area (Å²) in [6, 6.07) is 11.7. The maximum Gasteiger partial charge on any atom is 0.143 e. The average Bonchev–Trinajstić information content (AvgIpc) is 2.83. The number of hydrazone groups is 1. The second-order valence-corrected chi connectivity index (χ2v) is 4.06. The van der Waals surface area contributed by atoms with Gasteiger partial charge in [-0.15, -0.1) is 11.3 Å². The maximum atomic E-state index is 5.20. The van der Waals surface area contributed by atoms with E-state index in [1.807, 2.05) is 41.8 Å². The van der Waals surface area contributed by atoms with E-state index in [0.29, 0.717) is 0 Å². The first-order valence-electron chi connectivity index (χ1n) is 4.86. The fourth-order valence-corrected chi connectivity index (χ4v) is 1.85. The van der Waals surface area contributed by atoms with E-state index in [-0.39, 0.29) is 0 Å². The second-order valence-electron chi connectivity index (χ2n) is 3.09. The van der Waals surface area contributed by atoms with Gasteiger partial charge in [0.05, 0.1) is 19.0 Å². The standard InChI is InChI=1S/C12H12N2OS/c1-15-12-7-3-2-6-11(12)14-13-9-10-5-4-8-16-10/h2-9,14H,1H3/b13-9-. The number of anilines is 1. The van der Waals surface area contributed by atoms with Gasteiger partial charge in [0.2, 0.25) is 0 Å². The van der Waals surface area contributed by atoms with Crippen molar-refractivity contribution in [2.75, 3.05) is 12.5 Å². The predicted molar refractivity (Wildman–Crippen MR) is 68.5 cm³/mol. The Kier molecular flexibility index (Phi) is 3.56. The lowest BCUT2D eigenvalue weighted by Gasteiger charge is -2.05. The molecular weight excluding hydrogens is 220 g/mol. The minimum absolute atomic E-state index is 0.783. The molecule has 1 heterocycles. The van der Waals surface area contributed by atoms with Gasteiger partial charge in [0.15, 0.2) is 0 Å². The van der Waals surface area contributed by atoms with Crippen LogP contribution in [0.3, 0.4) is 0 Å². The Morgan fingerprint density at radius 3 is 2.88 bits per heavy atom. The van der Waals surface area contributed by atoms with Crippen molar-refractivity contribution in [2.45, 2.75) is 0 Å². The van der Waals surface area contributed by atoms with Crippen LogP contribution in [0.5, 0.6) is 5.75 Å². The van der Waals surface area contributed by atoms with Crippen molar-refractivity contribution in [3.05, 3.63) is 46.7 Å². The number of hydrogen-bond acceptors (Lipinski definition) is 4. The zero-order valence-electron chi connectivity index (χ0n) is 8.88. The van der Waals surface area contributed by atoms with Gasteiger partial charge in [-0.05, 0) is 23.6 Å². The maximum absolute atomic E-state index is 5.20. The van der Waals surface area contributed by atoms with Gasteiger partial charge in [0.1, 0.15) is 5.75 Å². The van der Waals surface area contributed by atoms with E-state index < -0.39 is 0 Å². The SMILES string of the molecule is COc1ccccc1N/N=C\c1cccs1. The van der Waals surface area contributed by atoms with Crippen LogP contribution < -0.4 is 10.2 Å². The molecule has 0 aliphatic rings. The Balaban J connectivity index is 2.04. The molecule has 2 aromatic rings. The number of nitrogens with zero attached hydrogens (tertiary/aromatic N) is 1. The minimum atomic E-state index is 0.783. The third-order valence-electron chi connectivity index (χ3n) is 2.03. The zero-order valence-corrected chi connectivity index (χ0v) is 9.70. The first-order valence-corrected chi connectivity index (χ1v) is 5.74. The minimum Gasteiger partial charge on any atom is -0.495 e. The number of rotatable bonds is 4. The highest BCUT2D eigenvalue weighted by molar-refractivity contribution is 7.11. The Morgan fingerprint density at radius 2 is 2.12 bits per heavy atom. The van der Waals surface area contributed by atoms with Gasteiger partial charge in [-0.2, -0.15) is 5.10 Å². The highest BCUT2D eigenvalue weighted by Crippen LogP contribution is 2.22. The van der Waals surface area contributed by atoms with Crippen LogP contribution in [0.2, 0.25) is 0 Å². The van der Waals surface area contributed by atoms with E-state index in [9.17, 15) is 0 Å². The third-order valence-corrected chi connectivity index (χ3v) is 2.83. The van der Waals surface area contributed by atoms with Gasteiger partial charge in [0, 0.05) is 4.88 Å². The van der Waals surface area contributed by atoms with Crippen molar-refractivity contribution < 1.29 is 4.74 Å². The summed E-state index contributed by atoms with van der Waals surface area (Å²) < 4.78 is 5.20. The summed E-state index contributed by atoms with van der Waals surface area (Å²) in [4.78, 5) is 1.11. The first kappa shape index (κ1) is 10.7. The molecule has 0 spiro atoms. The molecule has 16 heavy (non-hydrogen) atoms. The second kappa shape index (κ2) is 5.32.